The number of furan rings is 1. The second-order valence-corrected chi connectivity index (χ2v) is 6.42. The number of hydrogen-bond acceptors (Lipinski definition) is 2. The van der Waals surface area contributed by atoms with Crippen molar-refractivity contribution in [1.29, 1.82) is 0 Å². The summed E-state index contributed by atoms with van der Waals surface area (Å²) in [5, 5.41) is 3.06. The molecule has 1 fully saturated rings. The van der Waals surface area contributed by atoms with Gasteiger partial charge in [0.25, 0.3) is 5.91 Å². The summed E-state index contributed by atoms with van der Waals surface area (Å²) in [5.41, 5.74) is 2.61. The zero-order chi connectivity index (χ0) is 15.4. The van der Waals surface area contributed by atoms with Gasteiger partial charge in [-0.25, -0.2) is 0 Å². The summed E-state index contributed by atoms with van der Waals surface area (Å²) in [5.74, 6) is 0.740. The van der Waals surface area contributed by atoms with E-state index in [-0.39, 0.29) is 5.91 Å². The number of hydrogen-bond donors (Lipinski definition) is 1. The average molecular weight is 302 g/mol. The van der Waals surface area contributed by atoms with Crippen LogP contribution in [0.4, 0.5) is 0 Å². The van der Waals surface area contributed by atoms with Crippen molar-refractivity contribution < 1.29 is 9.21 Å². The molecule has 2 heterocycles. The van der Waals surface area contributed by atoms with Gasteiger partial charge in [-0.15, -0.1) is 0 Å². The van der Waals surface area contributed by atoms with E-state index in [9.17, 15) is 4.79 Å². The second-order valence-electron chi connectivity index (χ2n) is 6.42. The molecule has 2 aromatic heterocycles. The quantitative estimate of drug-likeness (QED) is 0.737. The van der Waals surface area contributed by atoms with Crippen LogP contribution < -0.4 is 5.32 Å². The maximum absolute atomic E-state index is 12.5. The van der Waals surface area contributed by atoms with E-state index >= 15 is 0 Å². The number of fused-ring (bicyclic) bond motifs is 1. The van der Waals surface area contributed by atoms with Crippen LogP contribution in [0.15, 0.2) is 22.8 Å². The second kappa shape index (κ2) is 7.03. The highest BCUT2D eigenvalue weighted by Gasteiger charge is 2.23. The fraction of sp³-hybridized carbons (Fsp3) is 0.611. The van der Waals surface area contributed by atoms with Gasteiger partial charge in [-0.05, 0) is 25.2 Å². The molecule has 0 radical (unpaired) electrons. The Balaban J connectivity index is 1.67. The maximum atomic E-state index is 12.5. The molecule has 1 amide bonds. The van der Waals surface area contributed by atoms with Crippen LogP contribution in [0.25, 0.3) is 11.1 Å². The minimum Gasteiger partial charge on any atom is -0.463 e. The van der Waals surface area contributed by atoms with Crippen molar-refractivity contribution >= 4 is 17.0 Å². The van der Waals surface area contributed by atoms with Gasteiger partial charge < -0.3 is 14.3 Å². The third kappa shape index (κ3) is 3.21. The number of carbonyl (C=O) groups is 1. The molecule has 1 saturated carbocycles. The first-order chi connectivity index (χ1) is 10.8. The van der Waals surface area contributed by atoms with Crippen molar-refractivity contribution in [2.75, 3.05) is 6.54 Å². The van der Waals surface area contributed by atoms with Gasteiger partial charge in [-0.2, -0.15) is 0 Å². The van der Waals surface area contributed by atoms with Gasteiger partial charge in [0, 0.05) is 25.2 Å². The summed E-state index contributed by atoms with van der Waals surface area (Å²) in [6, 6.07) is 3.85. The molecule has 1 aliphatic rings. The first kappa shape index (κ1) is 15.2. The number of unbranched alkanes of at least 4 members (excludes halogenated alkanes) is 3. The predicted molar refractivity (Wildman–Crippen MR) is 88.0 cm³/mol. The Morgan fingerprint density at radius 2 is 2.23 bits per heavy atom. The van der Waals surface area contributed by atoms with Crippen molar-refractivity contribution in [3.8, 4) is 0 Å². The number of carbonyl (C=O) groups excluding carboxylic acids is 1. The highest BCUT2D eigenvalue weighted by atomic mass is 16.3. The SMILES string of the molecule is CCCCCCNC(=O)c1cc2occc2n1CC1CCC1. The van der Waals surface area contributed by atoms with Crippen LogP contribution >= 0.6 is 0 Å². The summed E-state index contributed by atoms with van der Waals surface area (Å²) in [6.45, 7) is 3.89. The van der Waals surface area contributed by atoms with Crippen molar-refractivity contribution in [1.82, 2.24) is 9.88 Å². The molecule has 2 aromatic rings. The number of nitrogens with zero attached hydrogens (tertiary/aromatic N) is 1. The van der Waals surface area contributed by atoms with Gasteiger partial charge >= 0.3 is 0 Å². The van der Waals surface area contributed by atoms with Crippen LogP contribution in [-0.4, -0.2) is 17.0 Å². The lowest BCUT2D eigenvalue weighted by atomic mass is 9.85. The zero-order valence-corrected chi connectivity index (χ0v) is 13.4. The molecule has 0 saturated heterocycles. The molecular formula is C18H26N2O2. The van der Waals surface area contributed by atoms with E-state index in [2.05, 4.69) is 16.8 Å². The predicted octanol–water partition coefficient (Wildman–Crippen LogP) is 4.34. The Morgan fingerprint density at radius 1 is 1.36 bits per heavy atom. The highest BCUT2D eigenvalue weighted by Crippen LogP contribution is 2.31. The maximum Gasteiger partial charge on any atom is 0.268 e. The normalized spacial score (nSPS) is 15.1. The molecule has 0 spiro atoms. The Labute approximate surface area is 131 Å². The monoisotopic (exact) mass is 302 g/mol. The van der Waals surface area contributed by atoms with E-state index in [1.54, 1.807) is 6.26 Å². The van der Waals surface area contributed by atoms with E-state index < -0.39 is 0 Å². The van der Waals surface area contributed by atoms with Crippen molar-refractivity contribution in [3.05, 3.63) is 24.1 Å². The van der Waals surface area contributed by atoms with Gasteiger partial charge in [0.1, 0.15) is 5.69 Å². The molecule has 22 heavy (non-hydrogen) atoms. The van der Waals surface area contributed by atoms with E-state index in [1.165, 1.54) is 38.5 Å². The van der Waals surface area contributed by atoms with Crippen LogP contribution in [0.3, 0.4) is 0 Å². The molecule has 120 valence electrons. The molecule has 0 atom stereocenters. The largest absolute Gasteiger partial charge is 0.463 e. The number of amides is 1. The molecule has 3 rings (SSSR count). The van der Waals surface area contributed by atoms with Gasteiger partial charge in [-0.3, -0.25) is 4.79 Å². The Kier molecular flexibility index (Phi) is 4.86. The van der Waals surface area contributed by atoms with E-state index in [1.807, 2.05) is 12.1 Å². The Hall–Kier alpha value is -1.71. The first-order valence-electron chi connectivity index (χ1n) is 8.64. The molecule has 1 aliphatic carbocycles. The number of aromatic nitrogens is 1. The summed E-state index contributed by atoms with van der Waals surface area (Å²) in [4.78, 5) is 12.5. The summed E-state index contributed by atoms with van der Waals surface area (Å²) in [7, 11) is 0. The van der Waals surface area contributed by atoms with Crippen LogP contribution in [0, 0.1) is 5.92 Å². The minimum absolute atomic E-state index is 0.0298. The minimum atomic E-state index is 0.0298. The van der Waals surface area contributed by atoms with Crippen molar-refractivity contribution in [2.45, 2.75) is 58.4 Å². The highest BCUT2D eigenvalue weighted by molar-refractivity contribution is 5.97. The number of rotatable bonds is 8. The van der Waals surface area contributed by atoms with Gasteiger partial charge in [0.05, 0.1) is 11.8 Å². The number of nitrogens with one attached hydrogen (secondary N) is 1. The first-order valence-corrected chi connectivity index (χ1v) is 8.64. The molecule has 1 N–H and O–H groups in total. The summed E-state index contributed by atoms with van der Waals surface area (Å²) < 4.78 is 7.62. The Morgan fingerprint density at radius 3 is 2.95 bits per heavy atom. The third-order valence-electron chi connectivity index (χ3n) is 4.74. The fourth-order valence-corrected chi connectivity index (χ4v) is 3.14. The molecule has 0 aliphatic heterocycles. The zero-order valence-electron chi connectivity index (χ0n) is 13.4. The van der Waals surface area contributed by atoms with Crippen molar-refractivity contribution in [2.24, 2.45) is 5.92 Å². The summed E-state index contributed by atoms with van der Waals surface area (Å²) >= 11 is 0. The average Bonchev–Trinajstić information content (AvgIpc) is 3.03. The molecule has 0 aromatic carbocycles. The van der Waals surface area contributed by atoms with Crippen molar-refractivity contribution in [3.63, 3.8) is 0 Å². The Bertz CT molecular complexity index is 622. The molecule has 4 nitrogen and oxygen atoms in total. The van der Waals surface area contributed by atoms with Gasteiger partial charge in [0.2, 0.25) is 0 Å². The van der Waals surface area contributed by atoms with E-state index in [0.717, 1.165) is 36.3 Å². The molecule has 0 unspecified atom stereocenters. The fourth-order valence-electron chi connectivity index (χ4n) is 3.14. The standard InChI is InChI=1S/C18H26N2O2/c1-2-3-4-5-10-19-18(21)16-12-17-15(9-11-22-17)20(16)13-14-7-6-8-14/h9,11-12,14H,2-8,10,13H2,1H3,(H,19,21). The lowest BCUT2D eigenvalue weighted by Crippen LogP contribution is -2.28. The van der Waals surface area contributed by atoms with Crippen LogP contribution in [0.2, 0.25) is 0 Å². The topological polar surface area (TPSA) is 47.2 Å². The third-order valence-corrected chi connectivity index (χ3v) is 4.74. The van der Waals surface area contributed by atoms with Crippen LogP contribution in [0.5, 0.6) is 0 Å². The van der Waals surface area contributed by atoms with Crippen LogP contribution in [-0.2, 0) is 6.54 Å². The van der Waals surface area contributed by atoms with E-state index in [0.29, 0.717) is 5.92 Å². The molecule has 0 bridgehead atoms. The lowest BCUT2D eigenvalue weighted by molar-refractivity contribution is 0.0941. The smallest absolute Gasteiger partial charge is 0.268 e. The van der Waals surface area contributed by atoms with Gasteiger partial charge in [0.15, 0.2) is 5.58 Å². The van der Waals surface area contributed by atoms with Gasteiger partial charge in [-0.1, -0.05) is 32.6 Å². The summed E-state index contributed by atoms with van der Waals surface area (Å²) in [6.07, 6.45) is 10.3. The van der Waals surface area contributed by atoms with E-state index in [4.69, 9.17) is 4.42 Å². The molecule has 4 heteroatoms. The van der Waals surface area contributed by atoms with Crippen LogP contribution in [0.1, 0.15) is 62.4 Å². The molecular weight excluding hydrogens is 276 g/mol. The lowest BCUT2D eigenvalue weighted by Gasteiger charge is -2.26.